The molecule has 0 aliphatic carbocycles. The Kier molecular flexibility index (Phi) is 12.2. The lowest BCUT2D eigenvalue weighted by molar-refractivity contribution is -0.123. The molecule has 4 N–H and O–H groups in total. The molecule has 12 nitrogen and oxygen atoms in total. The van der Waals surface area contributed by atoms with Crippen molar-refractivity contribution in [1.29, 1.82) is 0 Å². The van der Waals surface area contributed by atoms with Gasteiger partial charge in [0.05, 0.1) is 24.3 Å². The lowest BCUT2D eigenvalue weighted by Gasteiger charge is -2.48. The molecule has 2 aromatic rings. The summed E-state index contributed by atoms with van der Waals surface area (Å²) in [5, 5.41) is 6.64. The van der Waals surface area contributed by atoms with Crippen molar-refractivity contribution in [3.05, 3.63) is 41.7 Å². The van der Waals surface area contributed by atoms with E-state index in [0.717, 1.165) is 89.6 Å². The number of aromatic nitrogens is 2. The van der Waals surface area contributed by atoms with Gasteiger partial charge in [0.25, 0.3) is 0 Å². The van der Waals surface area contributed by atoms with E-state index in [1.165, 1.54) is 12.1 Å². The van der Waals surface area contributed by atoms with Crippen molar-refractivity contribution in [1.82, 2.24) is 30.0 Å². The molecule has 1 spiro atoms. The molecule has 1 aromatic carbocycles. The van der Waals surface area contributed by atoms with E-state index in [0.29, 0.717) is 57.0 Å². The summed E-state index contributed by atoms with van der Waals surface area (Å²) in [7, 11) is 2.15. The van der Waals surface area contributed by atoms with Gasteiger partial charge in [-0.1, -0.05) is 13.8 Å². The van der Waals surface area contributed by atoms with Gasteiger partial charge in [0.15, 0.2) is 0 Å². The number of primary amides is 1. The predicted molar refractivity (Wildman–Crippen MR) is 200 cm³/mol. The zero-order valence-electron chi connectivity index (χ0n) is 31.3. The number of amides is 2. The standard InChI is InChI=1S/C38H58F2N10O2/c1-37(2)7-15-47(16-8-37)23-29-19-31(40)32(20-30(29)39)50-25-36(52)45-38(26-50)9-17-49(18-10-38)35-21-34(43-27-44-35)42-11-4-12-46(3)13-5-28-6-14-48(22-28)24-33(41)51/h19-21,27-28H,4-18,22-26H2,1-3H3,(H2,41,51)(H,45,52)(H,42,43,44). The number of nitrogens with one attached hydrogen (secondary N) is 2. The van der Waals surface area contributed by atoms with Crippen molar-refractivity contribution in [3.63, 3.8) is 0 Å². The number of hydrogen-bond acceptors (Lipinski definition) is 10. The fourth-order valence-corrected chi connectivity index (χ4v) is 8.29. The number of hydrogen-bond donors (Lipinski definition) is 3. The number of halogens is 2. The third-order valence-corrected chi connectivity index (χ3v) is 11.7. The van der Waals surface area contributed by atoms with Crippen molar-refractivity contribution in [2.75, 3.05) is 101 Å². The Morgan fingerprint density at radius 1 is 1.00 bits per heavy atom. The largest absolute Gasteiger partial charge is 0.370 e. The van der Waals surface area contributed by atoms with Crippen LogP contribution in [0.4, 0.5) is 26.1 Å². The van der Waals surface area contributed by atoms with Gasteiger partial charge in [0, 0.05) is 57.0 Å². The summed E-state index contributed by atoms with van der Waals surface area (Å²) in [6, 6.07) is 4.58. The van der Waals surface area contributed by atoms with Crippen LogP contribution in [0.2, 0.25) is 0 Å². The summed E-state index contributed by atoms with van der Waals surface area (Å²) in [5.74, 6) is 0.875. The fourth-order valence-electron chi connectivity index (χ4n) is 8.29. The Labute approximate surface area is 307 Å². The van der Waals surface area contributed by atoms with Crippen LogP contribution in [0.3, 0.4) is 0 Å². The minimum atomic E-state index is -0.533. The van der Waals surface area contributed by atoms with Crippen molar-refractivity contribution < 1.29 is 18.4 Å². The maximum Gasteiger partial charge on any atom is 0.240 e. The smallest absolute Gasteiger partial charge is 0.240 e. The minimum Gasteiger partial charge on any atom is -0.370 e. The van der Waals surface area contributed by atoms with Crippen LogP contribution in [0.25, 0.3) is 0 Å². The van der Waals surface area contributed by atoms with E-state index >= 15 is 8.78 Å². The van der Waals surface area contributed by atoms with Gasteiger partial charge in [-0.3, -0.25) is 19.4 Å². The fraction of sp³-hybridized carbons (Fsp3) is 0.684. The van der Waals surface area contributed by atoms with Crippen LogP contribution in [0.5, 0.6) is 0 Å². The number of nitrogens with zero attached hydrogens (tertiary/aromatic N) is 7. The molecule has 4 fully saturated rings. The first-order chi connectivity index (χ1) is 24.8. The lowest BCUT2D eigenvalue weighted by Crippen LogP contribution is -2.66. The molecule has 0 radical (unpaired) electrons. The van der Waals surface area contributed by atoms with E-state index in [9.17, 15) is 9.59 Å². The molecule has 1 unspecified atom stereocenters. The summed E-state index contributed by atoms with van der Waals surface area (Å²) < 4.78 is 31.0. The average molecular weight is 725 g/mol. The van der Waals surface area contributed by atoms with Crippen LogP contribution in [0.1, 0.15) is 64.4 Å². The maximum absolute atomic E-state index is 15.6. The van der Waals surface area contributed by atoms with E-state index in [1.54, 1.807) is 11.2 Å². The average Bonchev–Trinajstić information content (AvgIpc) is 3.54. The number of nitrogens with two attached hydrogens (primary N) is 1. The summed E-state index contributed by atoms with van der Waals surface area (Å²) >= 11 is 0. The predicted octanol–water partition coefficient (Wildman–Crippen LogP) is 3.28. The minimum absolute atomic E-state index is 0.00320. The molecule has 4 saturated heterocycles. The highest BCUT2D eigenvalue weighted by atomic mass is 19.1. The van der Waals surface area contributed by atoms with Gasteiger partial charge >= 0.3 is 0 Å². The highest BCUT2D eigenvalue weighted by Gasteiger charge is 2.42. The highest BCUT2D eigenvalue weighted by molar-refractivity contribution is 5.84. The molecule has 5 heterocycles. The van der Waals surface area contributed by atoms with Crippen LogP contribution in [0, 0.1) is 23.0 Å². The molecule has 0 saturated carbocycles. The summed E-state index contributed by atoms with van der Waals surface area (Å²) in [6.07, 6.45) is 8.18. The zero-order chi connectivity index (χ0) is 36.9. The third kappa shape index (κ3) is 10.1. The maximum atomic E-state index is 15.6. The van der Waals surface area contributed by atoms with E-state index in [2.05, 4.69) is 61.1 Å². The molecule has 286 valence electrons. The van der Waals surface area contributed by atoms with Gasteiger partial charge in [0.1, 0.15) is 29.6 Å². The molecular formula is C38H58F2N10O2. The molecule has 52 heavy (non-hydrogen) atoms. The van der Waals surface area contributed by atoms with Gasteiger partial charge in [-0.15, -0.1) is 0 Å². The number of likely N-dealkylation sites (tertiary alicyclic amines) is 2. The number of benzene rings is 1. The van der Waals surface area contributed by atoms with Gasteiger partial charge < -0.3 is 31.1 Å². The normalized spacial score (nSPS) is 22.3. The van der Waals surface area contributed by atoms with E-state index in [4.69, 9.17) is 5.73 Å². The van der Waals surface area contributed by atoms with Crippen LogP contribution in [-0.2, 0) is 16.1 Å². The monoisotopic (exact) mass is 724 g/mol. The van der Waals surface area contributed by atoms with Gasteiger partial charge in [-0.05, 0) is 102 Å². The Morgan fingerprint density at radius 3 is 2.52 bits per heavy atom. The van der Waals surface area contributed by atoms with Crippen molar-refractivity contribution in [3.8, 4) is 0 Å². The second kappa shape index (κ2) is 16.6. The van der Waals surface area contributed by atoms with Gasteiger partial charge in [0.2, 0.25) is 11.8 Å². The molecule has 6 rings (SSSR count). The summed E-state index contributed by atoms with van der Waals surface area (Å²) in [5.41, 5.74) is 5.61. The van der Waals surface area contributed by atoms with Gasteiger partial charge in [-0.25, -0.2) is 18.7 Å². The lowest BCUT2D eigenvalue weighted by atomic mass is 9.82. The molecular weight excluding hydrogens is 666 g/mol. The number of anilines is 3. The second-order valence-corrected chi connectivity index (χ2v) is 16.5. The van der Waals surface area contributed by atoms with Gasteiger partial charge in [-0.2, -0.15) is 0 Å². The first-order valence-electron chi connectivity index (χ1n) is 19.1. The van der Waals surface area contributed by atoms with Crippen molar-refractivity contribution in [2.45, 2.75) is 70.9 Å². The van der Waals surface area contributed by atoms with Crippen molar-refractivity contribution >= 4 is 29.1 Å². The van der Waals surface area contributed by atoms with Crippen molar-refractivity contribution in [2.24, 2.45) is 17.1 Å². The number of rotatable bonds is 14. The summed E-state index contributed by atoms with van der Waals surface area (Å²) in [6.45, 7) is 13.4. The topological polar surface area (TPSA) is 126 Å². The molecule has 0 bridgehead atoms. The van der Waals surface area contributed by atoms with Crippen LogP contribution >= 0.6 is 0 Å². The van der Waals surface area contributed by atoms with Crippen LogP contribution < -0.4 is 26.2 Å². The first-order valence-corrected chi connectivity index (χ1v) is 19.1. The quantitative estimate of drug-likeness (QED) is 0.250. The number of piperazine rings is 1. The highest BCUT2D eigenvalue weighted by Crippen LogP contribution is 2.34. The molecule has 1 aromatic heterocycles. The first kappa shape index (κ1) is 38.1. The Bertz CT molecular complexity index is 1540. The van der Waals surface area contributed by atoms with Crippen LogP contribution in [0.15, 0.2) is 24.5 Å². The molecule has 1 atom stereocenters. The Balaban J connectivity index is 0.956. The molecule has 4 aliphatic heterocycles. The number of piperidine rings is 2. The SMILES string of the molecule is CN(CCCNc1cc(N2CCC3(CC2)CN(c2cc(F)c(CN4CCC(C)(C)CC4)cc2F)CC(=O)N3)ncn1)CCC1CCN(CC(N)=O)C1. The summed E-state index contributed by atoms with van der Waals surface area (Å²) in [4.78, 5) is 43.7. The van der Waals surface area contributed by atoms with E-state index in [1.807, 2.05) is 6.07 Å². The Hall–Kier alpha value is -3.62. The number of carbonyl (C=O) groups is 2. The molecule has 2 amide bonds. The molecule has 4 aliphatic rings. The Morgan fingerprint density at radius 2 is 1.77 bits per heavy atom. The number of carbonyl (C=O) groups excluding carboxylic acids is 2. The van der Waals surface area contributed by atoms with E-state index in [-0.39, 0.29) is 29.5 Å². The van der Waals surface area contributed by atoms with Crippen LogP contribution in [-0.4, -0.2) is 128 Å². The van der Waals surface area contributed by atoms with E-state index < -0.39 is 17.2 Å². The molecule has 14 heteroatoms. The second-order valence-electron chi connectivity index (χ2n) is 16.5. The zero-order valence-corrected chi connectivity index (χ0v) is 31.3. The third-order valence-electron chi connectivity index (χ3n) is 11.7.